The van der Waals surface area contributed by atoms with E-state index in [0.717, 1.165) is 39.3 Å². The van der Waals surface area contributed by atoms with Crippen molar-refractivity contribution in [2.24, 2.45) is 10.9 Å². The Labute approximate surface area is 194 Å². The summed E-state index contributed by atoms with van der Waals surface area (Å²) in [5.41, 5.74) is 0. The van der Waals surface area contributed by atoms with Crippen LogP contribution in [0.15, 0.2) is 4.99 Å². The van der Waals surface area contributed by atoms with Crippen LogP contribution in [0.1, 0.15) is 32.1 Å². The van der Waals surface area contributed by atoms with Gasteiger partial charge in [-0.1, -0.05) is 6.42 Å². The second-order valence-corrected chi connectivity index (χ2v) is 7.93. The van der Waals surface area contributed by atoms with Crippen LogP contribution >= 0.6 is 24.0 Å². The number of carbonyl (C=O) groups is 1. The van der Waals surface area contributed by atoms with Crippen molar-refractivity contribution in [2.45, 2.75) is 44.3 Å². The van der Waals surface area contributed by atoms with Gasteiger partial charge in [-0.2, -0.15) is 13.2 Å². The van der Waals surface area contributed by atoms with Crippen LogP contribution < -0.4 is 10.6 Å². The smallest absolute Gasteiger partial charge is 0.379 e. The molecule has 0 bridgehead atoms. The number of nitrogens with zero attached hydrogens (tertiary/aromatic N) is 3. The first-order valence-electron chi connectivity index (χ1n) is 10.4. The summed E-state index contributed by atoms with van der Waals surface area (Å²) in [4.78, 5) is 19.9. The minimum atomic E-state index is -4.16. The number of morpholine rings is 1. The van der Waals surface area contributed by atoms with E-state index >= 15 is 0 Å². The number of ether oxygens (including phenoxy) is 1. The molecular formula is C19H35F3IN5O2. The minimum absolute atomic E-state index is 0. The van der Waals surface area contributed by atoms with Gasteiger partial charge in [0.25, 0.3) is 0 Å². The van der Waals surface area contributed by atoms with Crippen molar-refractivity contribution in [1.29, 1.82) is 0 Å². The molecule has 0 spiro atoms. The lowest BCUT2D eigenvalue weighted by atomic mass is 9.85. The number of aliphatic imine (C=N–C) groups is 1. The molecule has 0 aromatic rings. The predicted molar refractivity (Wildman–Crippen MR) is 121 cm³/mol. The number of alkyl halides is 3. The summed E-state index contributed by atoms with van der Waals surface area (Å²) < 4.78 is 44.6. The van der Waals surface area contributed by atoms with E-state index in [1.54, 1.807) is 14.1 Å². The Balaban J connectivity index is 0.00000450. The highest BCUT2D eigenvalue weighted by atomic mass is 127. The first-order valence-corrected chi connectivity index (χ1v) is 10.4. The fraction of sp³-hybridized carbons (Fsp3) is 0.895. The van der Waals surface area contributed by atoms with Gasteiger partial charge in [0.1, 0.15) is 6.54 Å². The van der Waals surface area contributed by atoms with Gasteiger partial charge in [0.2, 0.25) is 5.91 Å². The van der Waals surface area contributed by atoms with E-state index in [1.807, 2.05) is 0 Å². The third kappa shape index (κ3) is 9.99. The van der Waals surface area contributed by atoms with Gasteiger partial charge in [-0.05, 0) is 32.2 Å². The number of hydrogen-bond donors (Lipinski definition) is 2. The highest BCUT2D eigenvalue weighted by molar-refractivity contribution is 14.0. The molecule has 1 aliphatic carbocycles. The molecule has 1 heterocycles. The average Bonchev–Trinajstić information content (AvgIpc) is 2.69. The highest BCUT2D eigenvalue weighted by Gasteiger charge is 2.42. The van der Waals surface area contributed by atoms with Crippen LogP contribution in [0.4, 0.5) is 13.2 Å². The number of hydrogen-bond acceptors (Lipinski definition) is 4. The van der Waals surface area contributed by atoms with Crippen LogP contribution in [0, 0.1) is 5.92 Å². The number of likely N-dealkylation sites (N-methyl/N-ethyl adjacent to an activating group) is 1. The summed E-state index contributed by atoms with van der Waals surface area (Å²) in [5.74, 6) is -1.02. The zero-order valence-corrected chi connectivity index (χ0v) is 20.2. The molecule has 2 fully saturated rings. The Kier molecular flexibility index (Phi) is 12.3. The van der Waals surface area contributed by atoms with Gasteiger partial charge >= 0.3 is 6.18 Å². The molecule has 0 aromatic carbocycles. The van der Waals surface area contributed by atoms with Gasteiger partial charge in [-0.25, -0.2) is 4.99 Å². The minimum Gasteiger partial charge on any atom is -0.379 e. The molecule has 2 aliphatic rings. The van der Waals surface area contributed by atoms with Crippen molar-refractivity contribution >= 4 is 35.8 Å². The van der Waals surface area contributed by atoms with E-state index in [-0.39, 0.29) is 55.3 Å². The molecule has 2 atom stereocenters. The fourth-order valence-electron chi connectivity index (χ4n) is 3.59. The molecular weight excluding hydrogens is 514 g/mol. The quantitative estimate of drug-likeness (QED) is 0.220. The topological polar surface area (TPSA) is 69.2 Å². The Hall–Kier alpha value is -0.820. The molecule has 1 saturated heterocycles. The normalized spacial score (nSPS) is 23.4. The maximum absolute atomic E-state index is 13.1. The average molecular weight is 549 g/mol. The molecule has 7 nitrogen and oxygen atoms in total. The SMILES string of the molecule is CN(C)C(=O)CN=C(NCCCN1CCOCC1)NC1CCCC(C(F)(F)F)C1.I. The van der Waals surface area contributed by atoms with Crippen LogP contribution in [0.2, 0.25) is 0 Å². The number of nitrogens with one attached hydrogen (secondary N) is 2. The van der Waals surface area contributed by atoms with Gasteiger partial charge in [0.15, 0.2) is 5.96 Å². The summed E-state index contributed by atoms with van der Waals surface area (Å²) in [7, 11) is 3.30. The van der Waals surface area contributed by atoms with E-state index in [0.29, 0.717) is 25.3 Å². The van der Waals surface area contributed by atoms with Crippen molar-refractivity contribution in [3.8, 4) is 0 Å². The van der Waals surface area contributed by atoms with Gasteiger partial charge in [0.05, 0.1) is 19.1 Å². The molecule has 1 amide bonds. The van der Waals surface area contributed by atoms with Crippen LogP contribution in [0.3, 0.4) is 0 Å². The molecule has 2 rings (SSSR count). The van der Waals surface area contributed by atoms with E-state index in [1.165, 1.54) is 4.90 Å². The third-order valence-corrected chi connectivity index (χ3v) is 5.40. The molecule has 1 aliphatic heterocycles. The number of guanidine groups is 1. The molecule has 30 heavy (non-hydrogen) atoms. The van der Waals surface area contributed by atoms with Crippen molar-refractivity contribution in [3.05, 3.63) is 0 Å². The standard InChI is InChI=1S/C19H34F3N5O2.HI/c1-26(2)17(28)14-24-18(23-7-4-8-27-9-11-29-12-10-27)25-16-6-3-5-15(13-16)19(20,21)22;/h15-16H,3-14H2,1-2H3,(H2,23,24,25);1H. The van der Waals surface area contributed by atoms with E-state index in [2.05, 4.69) is 20.5 Å². The molecule has 0 aromatic heterocycles. The summed E-state index contributed by atoms with van der Waals surface area (Å²) in [6.45, 7) is 4.83. The van der Waals surface area contributed by atoms with Gasteiger partial charge in [0, 0.05) is 39.8 Å². The molecule has 11 heteroatoms. The Morgan fingerprint density at radius 3 is 2.57 bits per heavy atom. The second kappa shape index (κ2) is 13.6. The predicted octanol–water partition coefficient (Wildman–Crippen LogP) is 2.07. The van der Waals surface area contributed by atoms with Gasteiger partial charge in [-0.3, -0.25) is 9.69 Å². The number of rotatable bonds is 7. The van der Waals surface area contributed by atoms with Crippen molar-refractivity contribution < 1.29 is 22.7 Å². The lowest BCUT2D eigenvalue weighted by Gasteiger charge is -2.32. The molecule has 1 saturated carbocycles. The van der Waals surface area contributed by atoms with Gasteiger partial charge in [-0.15, -0.1) is 24.0 Å². The van der Waals surface area contributed by atoms with Crippen LogP contribution in [-0.2, 0) is 9.53 Å². The largest absolute Gasteiger partial charge is 0.391 e. The maximum atomic E-state index is 13.1. The lowest BCUT2D eigenvalue weighted by molar-refractivity contribution is -0.183. The first kappa shape index (κ1) is 27.2. The number of halogens is 4. The molecule has 2 N–H and O–H groups in total. The maximum Gasteiger partial charge on any atom is 0.391 e. The second-order valence-electron chi connectivity index (χ2n) is 7.93. The third-order valence-electron chi connectivity index (χ3n) is 5.40. The molecule has 0 radical (unpaired) electrons. The van der Waals surface area contributed by atoms with Crippen molar-refractivity contribution in [1.82, 2.24) is 20.4 Å². The fourth-order valence-corrected chi connectivity index (χ4v) is 3.59. The number of carbonyl (C=O) groups excluding carboxylic acids is 1. The Morgan fingerprint density at radius 1 is 1.23 bits per heavy atom. The van der Waals surface area contributed by atoms with E-state index in [4.69, 9.17) is 4.74 Å². The van der Waals surface area contributed by atoms with E-state index in [9.17, 15) is 18.0 Å². The zero-order chi connectivity index (χ0) is 21.3. The van der Waals surface area contributed by atoms with Crippen LogP contribution in [0.25, 0.3) is 0 Å². The summed E-state index contributed by atoms with van der Waals surface area (Å²) in [5, 5.41) is 6.31. The summed E-state index contributed by atoms with van der Waals surface area (Å²) in [6.07, 6.45) is -1.87. The summed E-state index contributed by atoms with van der Waals surface area (Å²) in [6, 6.07) is -0.296. The van der Waals surface area contributed by atoms with E-state index < -0.39 is 12.1 Å². The molecule has 2 unspecified atom stereocenters. The van der Waals surface area contributed by atoms with Crippen molar-refractivity contribution in [2.75, 3.05) is 60.0 Å². The highest BCUT2D eigenvalue weighted by Crippen LogP contribution is 2.37. The first-order chi connectivity index (χ1) is 13.8. The van der Waals surface area contributed by atoms with Crippen LogP contribution in [-0.4, -0.2) is 93.9 Å². The Bertz CT molecular complexity index is 543. The summed E-state index contributed by atoms with van der Waals surface area (Å²) >= 11 is 0. The number of amides is 1. The monoisotopic (exact) mass is 549 g/mol. The molecule has 176 valence electrons. The van der Waals surface area contributed by atoms with Crippen molar-refractivity contribution in [3.63, 3.8) is 0 Å². The lowest BCUT2D eigenvalue weighted by Crippen LogP contribution is -2.47. The van der Waals surface area contributed by atoms with Crippen LogP contribution in [0.5, 0.6) is 0 Å². The van der Waals surface area contributed by atoms with Gasteiger partial charge < -0.3 is 20.3 Å². The zero-order valence-electron chi connectivity index (χ0n) is 17.8. The Morgan fingerprint density at radius 2 is 1.93 bits per heavy atom.